The monoisotopic (exact) mass is 209 g/mol. The third-order valence-electron chi connectivity index (χ3n) is 4.55. The van der Waals surface area contributed by atoms with Crippen molar-refractivity contribution in [3.63, 3.8) is 0 Å². The predicted molar refractivity (Wildman–Crippen MR) is 66.0 cm³/mol. The van der Waals surface area contributed by atoms with E-state index in [-0.39, 0.29) is 0 Å². The molecule has 88 valence electrons. The van der Waals surface area contributed by atoms with Gasteiger partial charge in [0.1, 0.15) is 0 Å². The van der Waals surface area contributed by atoms with Crippen LogP contribution in [0.4, 0.5) is 0 Å². The smallest absolute Gasteiger partial charge is 0.00160 e. The van der Waals surface area contributed by atoms with Crippen LogP contribution in [0.3, 0.4) is 0 Å². The average molecular weight is 209 g/mol. The molecule has 2 aliphatic rings. The fourth-order valence-corrected chi connectivity index (χ4v) is 3.35. The second-order valence-corrected chi connectivity index (χ2v) is 5.71. The standard InChI is InChI=1S/C14H27N/c1-13-7-3-4-8-14(13)9-12-15-10-5-2-6-11-15/h13-14H,2-12H2,1H3. The lowest BCUT2D eigenvalue weighted by Gasteiger charge is -2.32. The highest BCUT2D eigenvalue weighted by molar-refractivity contribution is 4.74. The Morgan fingerprint density at radius 2 is 1.67 bits per heavy atom. The molecule has 0 N–H and O–H groups in total. The van der Waals surface area contributed by atoms with Crippen LogP contribution < -0.4 is 0 Å². The van der Waals surface area contributed by atoms with Gasteiger partial charge in [0.25, 0.3) is 0 Å². The van der Waals surface area contributed by atoms with Crippen molar-refractivity contribution >= 4 is 0 Å². The van der Waals surface area contributed by atoms with Gasteiger partial charge in [0.2, 0.25) is 0 Å². The van der Waals surface area contributed by atoms with Gasteiger partial charge in [-0.1, -0.05) is 39.0 Å². The Kier molecular flexibility index (Phi) is 4.49. The molecule has 0 radical (unpaired) electrons. The van der Waals surface area contributed by atoms with E-state index in [0.717, 1.165) is 11.8 Å². The fraction of sp³-hybridized carbons (Fsp3) is 1.00. The minimum absolute atomic E-state index is 1.00. The summed E-state index contributed by atoms with van der Waals surface area (Å²) in [5, 5.41) is 0. The number of rotatable bonds is 3. The Morgan fingerprint density at radius 1 is 0.933 bits per heavy atom. The number of piperidine rings is 1. The van der Waals surface area contributed by atoms with Crippen LogP contribution in [0, 0.1) is 11.8 Å². The van der Waals surface area contributed by atoms with Crippen LogP contribution in [-0.4, -0.2) is 24.5 Å². The van der Waals surface area contributed by atoms with E-state index >= 15 is 0 Å². The summed E-state index contributed by atoms with van der Waals surface area (Å²) in [6.45, 7) is 6.61. The first-order valence-electron chi connectivity index (χ1n) is 7.08. The molecule has 1 nitrogen and oxygen atoms in total. The lowest BCUT2D eigenvalue weighted by atomic mass is 9.78. The molecule has 1 saturated carbocycles. The largest absolute Gasteiger partial charge is 0.303 e. The van der Waals surface area contributed by atoms with Crippen molar-refractivity contribution in [3.8, 4) is 0 Å². The molecule has 2 atom stereocenters. The second-order valence-electron chi connectivity index (χ2n) is 5.71. The highest BCUT2D eigenvalue weighted by atomic mass is 15.1. The van der Waals surface area contributed by atoms with Gasteiger partial charge >= 0.3 is 0 Å². The zero-order valence-corrected chi connectivity index (χ0v) is 10.4. The van der Waals surface area contributed by atoms with Crippen molar-refractivity contribution in [2.75, 3.05) is 19.6 Å². The van der Waals surface area contributed by atoms with E-state index in [9.17, 15) is 0 Å². The van der Waals surface area contributed by atoms with Crippen LogP contribution in [0.2, 0.25) is 0 Å². The second kappa shape index (κ2) is 5.89. The zero-order valence-electron chi connectivity index (χ0n) is 10.4. The SMILES string of the molecule is CC1CCCCC1CCN1CCCCC1. The summed E-state index contributed by atoms with van der Waals surface area (Å²) in [7, 11) is 0. The molecule has 2 rings (SSSR count). The van der Waals surface area contributed by atoms with Crippen molar-refractivity contribution in [2.24, 2.45) is 11.8 Å². The van der Waals surface area contributed by atoms with E-state index in [2.05, 4.69) is 11.8 Å². The van der Waals surface area contributed by atoms with Gasteiger partial charge in [-0.15, -0.1) is 0 Å². The van der Waals surface area contributed by atoms with Crippen molar-refractivity contribution in [1.29, 1.82) is 0 Å². The van der Waals surface area contributed by atoms with Gasteiger partial charge in [-0.25, -0.2) is 0 Å². The summed E-state index contributed by atoms with van der Waals surface area (Å²) in [4.78, 5) is 2.70. The molecule has 0 bridgehead atoms. The lowest BCUT2D eigenvalue weighted by Crippen LogP contribution is -2.32. The first-order chi connectivity index (χ1) is 7.36. The van der Waals surface area contributed by atoms with Gasteiger partial charge in [0, 0.05) is 0 Å². The molecule has 0 spiro atoms. The molecule has 2 fully saturated rings. The minimum atomic E-state index is 1.00. The summed E-state index contributed by atoms with van der Waals surface area (Å²) in [5.41, 5.74) is 0. The Hall–Kier alpha value is -0.0400. The predicted octanol–water partition coefficient (Wildman–Crippen LogP) is 3.69. The normalized spacial score (nSPS) is 34.2. The van der Waals surface area contributed by atoms with Gasteiger partial charge < -0.3 is 4.90 Å². The maximum atomic E-state index is 2.70. The number of likely N-dealkylation sites (tertiary alicyclic amines) is 1. The summed E-state index contributed by atoms with van der Waals surface area (Å²) >= 11 is 0. The van der Waals surface area contributed by atoms with E-state index in [1.54, 1.807) is 0 Å². The van der Waals surface area contributed by atoms with Crippen molar-refractivity contribution < 1.29 is 0 Å². The lowest BCUT2D eigenvalue weighted by molar-refractivity contribution is 0.176. The van der Waals surface area contributed by atoms with Crippen LogP contribution in [0.1, 0.15) is 58.3 Å². The molecule has 0 aromatic carbocycles. The van der Waals surface area contributed by atoms with Crippen molar-refractivity contribution in [3.05, 3.63) is 0 Å². The third kappa shape index (κ3) is 3.48. The summed E-state index contributed by atoms with van der Waals surface area (Å²) in [6.07, 6.45) is 11.8. The number of nitrogens with zero attached hydrogens (tertiary/aromatic N) is 1. The molecule has 0 aromatic rings. The topological polar surface area (TPSA) is 3.24 Å². The van der Waals surface area contributed by atoms with E-state index in [0.29, 0.717) is 0 Å². The quantitative estimate of drug-likeness (QED) is 0.685. The molecule has 1 aliphatic heterocycles. The average Bonchev–Trinajstić information content (AvgIpc) is 2.29. The molecule has 1 aliphatic carbocycles. The van der Waals surface area contributed by atoms with Crippen molar-refractivity contribution in [2.45, 2.75) is 58.3 Å². The van der Waals surface area contributed by atoms with Crippen LogP contribution in [0.15, 0.2) is 0 Å². The summed E-state index contributed by atoms with van der Waals surface area (Å²) in [6, 6.07) is 0. The molecule has 0 aromatic heterocycles. The molecule has 2 unspecified atom stereocenters. The fourth-order valence-electron chi connectivity index (χ4n) is 3.35. The number of hydrogen-bond acceptors (Lipinski definition) is 1. The molecule has 1 heterocycles. The van der Waals surface area contributed by atoms with Gasteiger partial charge in [0.15, 0.2) is 0 Å². The van der Waals surface area contributed by atoms with Crippen LogP contribution in [-0.2, 0) is 0 Å². The highest BCUT2D eigenvalue weighted by Gasteiger charge is 2.21. The van der Waals surface area contributed by atoms with Gasteiger partial charge in [-0.3, -0.25) is 0 Å². The first kappa shape index (κ1) is 11.4. The van der Waals surface area contributed by atoms with Gasteiger partial charge in [0.05, 0.1) is 0 Å². The van der Waals surface area contributed by atoms with Crippen LogP contribution in [0.5, 0.6) is 0 Å². The van der Waals surface area contributed by atoms with E-state index < -0.39 is 0 Å². The van der Waals surface area contributed by atoms with Crippen LogP contribution in [0.25, 0.3) is 0 Å². The van der Waals surface area contributed by atoms with E-state index in [1.165, 1.54) is 71.0 Å². The van der Waals surface area contributed by atoms with Crippen LogP contribution >= 0.6 is 0 Å². The Bertz CT molecular complexity index is 172. The molecule has 1 saturated heterocycles. The van der Waals surface area contributed by atoms with E-state index in [1.807, 2.05) is 0 Å². The summed E-state index contributed by atoms with van der Waals surface area (Å²) < 4.78 is 0. The van der Waals surface area contributed by atoms with E-state index in [4.69, 9.17) is 0 Å². The third-order valence-corrected chi connectivity index (χ3v) is 4.55. The van der Waals surface area contributed by atoms with Gasteiger partial charge in [-0.05, 0) is 50.7 Å². The van der Waals surface area contributed by atoms with Gasteiger partial charge in [-0.2, -0.15) is 0 Å². The molecule has 0 amide bonds. The molecular weight excluding hydrogens is 182 g/mol. The molecule has 1 heteroatoms. The van der Waals surface area contributed by atoms with Crippen molar-refractivity contribution in [1.82, 2.24) is 4.90 Å². The maximum absolute atomic E-state index is 2.70. The first-order valence-corrected chi connectivity index (χ1v) is 7.08. The summed E-state index contributed by atoms with van der Waals surface area (Å²) in [5.74, 6) is 2.05. The highest BCUT2D eigenvalue weighted by Crippen LogP contribution is 2.32. The molecular formula is C14H27N. The molecule has 15 heavy (non-hydrogen) atoms. The minimum Gasteiger partial charge on any atom is -0.303 e. The number of hydrogen-bond donors (Lipinski definition) is 0. The maximum Gasteiger partial charge on any atom is -0.00160 e. The zero-order chi connectivity index (χ0) is 10.5. The Balaban J connectivity index is 1.67. The Labute approximate surface area is 95.2 Å². The Morgan fingerprint density at radius 3 is 2.40 bits per heavy atom.